The number of hydrogen-bond acceptors (Lipinski definition) is 6. The molecule has 0 saturated carbocycles. The molecule has 0 saturated heterocycles. The average molecular weight is 472 g/mol. The number of carbonyl (C=O) groups excluding carboxylic acids is 2. The largest absolute Gasteiger partial charge is 0.378 e. The summed E-state index contributed by atoms with van der Waals surface area (Å²) in [6.45, 7) is 1.35. The summed E-state index contributed by atoms with van der Waals surface area (Å²) in [6.07, 6.45) is 1.28. The Morgan fingerprint density at radius 3 is 2.28 bits per heavy atom. The number of para-hydroxylation sites is 1. The van der Waals surface area contributed by atoms with Gasteiger partial charge in [-0.15, -0.1) is 0 Å². The Bertz CT molecular complexity index is 1260. The van der Waals surface area contributed by atoms with Crippen LogP contribution in [0.5, 0.6) is 5.75 Å². The number of anilines is 1. The Hall–Kier alpha value is -3.69. The third-order valence-corrected chi connectivity index (χ3v) is 5.56. The molecule has 0 aliphatic heterocycles. The molecule has 10 heteroatoms. The van der Waals surface area contributed by atoms with Crippen LogP contribution in [0, 0.1) is 0 Å². The van der Waals surface area contributed by atoms with Gasteiger partial charge in [-0.25, -0.2) is 5.43 Å². The minimum Gasteiger partial charge on any atom is -0.378 e. The van der Waals surface area contributed by atoms with Gasteiger partial charge in [-0.3, -0.25) is 9.59 Å². The van der Waals surface area contributed by atoms with Crippen LogP contribution in [0.4, 0.5) is 5.69 Å². The van der Waals surface area contributed by atoms with Crippen LogP contribution in [0.1, 0.15) is 22.8 Å². The molecule has 164 valence electrons. The van der Waals surface area contributed by atoms with E-state index >= 15 is 0 Å². The monoisotopic (exact) mass is 471 g/mol. The van der Waals surface area contributed by atoms with Crippen molar-refractivity contribution >= 4 is 45.4 Å². The van der Waals surface area contributed by atoms with Gasteiger partial charge in [0.25, 0.3) is 5.91 Å². The maximum absolute atomic E-state index is 12.6. The molecular formula is C22H18ClN3O5S. The SMILES string of the molecule is CC(=O)Nc1ccc(S(=O)(=O)Oc2ccccc2/C=N\NC(=O)c2ccc(Cl)cc2)cc1. The molecule has 3 aromatic rings. The molecule has 3 aromatic carbocycles. The summed E-state index contributed by atoms with van der Waals surface area (Å²) in [6, 6.07) is 18.1. The molecule has 0 heterocycles. The Morgan fingerprint density at radius 2 is 1.62 bits per heavy atom. The van der Waals surface area contributed by atoms with E-state index in [2.05, 4.69) is 15.8 Å². The van der Waals surface area contributed by atoms with Crippen molar-refractivity contribution in [3.8, 4) is 5.75 Å². The van der Waals surface area contributed by atoms with Crippen LogP contribution in [-0.4, -0.2) is 26.4 Å². The summed E-state index contributed by atoms with van der Waals surface area (Å²) in [5, 5.41) is 6.93. The molecule has 2 N–H and O–H groups in total. The Labute approximate surface area is 190 Å². The molecule has 2 amide bonds. The fourth-order valence-electron chi connectivity index (χ4n) is 2.56. The minimum atomic E-state index is -4.14. The van der Waals surface area contributed by atoms with Crippen molar-refractivity contribution < 1.29 is 22.2 Å². The Kier molecular flexibility index (Phi) is 7.24. The van der Waals surface area contributed by atoms with Gasteiger partial charge in [-0.2, -0.15) is 13.5 Å². The van der Waals surface area contributed by atoms with E-state index in [-0.39, 0.29) is 16.6 Å². The van der Waals surface area contributed by atoms with Crippen LogP contribution in [0.2, 0.25) is 5.02 Å². The number of benzene rings is 3. The van der Waals surface area contributed by atoms with Gasteiger partial charge in [0, 0.05) is 28.8 Å². The lowest BCUT2D eigenvalue weighted by atomic mass is 10.2. The van der Waals surface area contributed by atoms with Gasteiger partial charge in [0.2, 0.25) is 5.91 Å². The number of rotatable bonds is 7. The second-order valence-corrected chi connectivity index (χ2v) is 8.47. The highest BCUT2D eigenvalue weighted by Crippen LogP contribution is 2.23. The maximum Gasteiger partial charge on any atom is 0.339 e. The second-order valence-electron chi connectivity index (χ2n) is 6.49. The molecule has 8 nitrogen and oxygen atoms in total. The normalized spacial score (nSPS) is 11.2. The third kappa shape index (κ3) is 6.16. The van der Waals surface area contributed by atoms with Crippen molar-refractivity contribution in [3.05, 3.63) is 88.9 Å². The first-order chi connectivity index (χ1) is 15.2. The second kappa shape index (κ2) is 10.1. The summed E-state index contributed by atoms with van der Waals surface area (Å²) in [5.74, 6) is -0.695. The van der Waals surface area contributed by atoms with E-state index in [4.69, 9.17) is 15.8 Å². The Morgan fingerprint density at radius 1 is 0.969 bits per heavy atom. The molecule has 0 aliphatic carbocycles. The summed E-state index contributed by atoms with van der Waals surface area (Å²) in [5.41, 5.74) is 3.51. The smallest absolute Gasteiger partial charge is 0.339 e. The predicted octanol–water partition coefficient (Wildman–Crippen LogP) is 3.83. The standard InChI is InChI=1S/C22H18ClN3O5S/c1-15(27)25-19-10-12-20(13-11-19)32(29,30)31-21-5-3-2-4-17(21)14-24-26-22(28)16-6-8-18(23)9-7-16/h2-14H,1H3,(H,25,27)(H,26,28)/b24-14-. The predicted molar refractivity (Wildman–Crippen MR) is 122 cm³/mol. The van der Waals surface area contributed by atoms with E-state index in [1.54, 1.807) is 42.5 Å². The number of hydrazone groups is 1. The van der Waals surface area contributed by atoms with Gasteiger partial charge in [0.1, 0.15) is 4.90 Å². The lowest BCUT2D eigenvalue weighted by Crippen LogP contribution is -2.17. The number of amides is 2. The van der Waals surface area contributed by atoms with Crippen molar-refractivity contribution in [2.75, 3.05) is 5.32 Å². The summed E-state index contributed by atoms with van der Waals surface area (Å²) in [7, 11) is -4.14. The van der Waals surface area contributed by atoms with Gasteiger partial charge in [-0.05, 0) is 60.7 Å². The van der Waals surface area contributed by atoms with E-state index < -0.39 is 16.0 Å². The molecule has 0 unspecified atom stereocenters. The molecule has 0 aliphatic rings. The molecule has 32 heavy (non-hydrogen) atoms. The van der Waals surface area contributed by atoms with E-state index in [0.29, 0.717) is 21.8 Å². The summed E-state index contributed by atoms with van der Waals surface area (Å²) in [4.78, 5) is 23.1. The maximum atomic E-state index is 12.6. The van der Waals surface area contributed by atoms with Crippen LogP contribution in [-0.2, 0) is 14.9 Å². The number of hydrogen-bond donors (Lipinski definition) is 2. The fraction of sp³-hybridized carbons (Fsp3) is 0.0455. The molecule has 0 radical (unpaired) electrons. The lowest BCUT2D eigenvalue weighted by Gasteiger charge is -2.10. The van der Waals surface area contributed by atoms with E-state index in [1.807, 2.05) is 0 Å². The molecular weight excluding hydrogens is 454 g/mol. The highest BCUT2D eigenvalue weighted by atomic mass is 35.5. The van der Waals surface area contributed by atoms with Crippen LogP contribution < -0.4 is 14.9 Å². The van der Waals surface area contributed by atoms with Crippen molar-refractivity contribution in [2.45, 2.75) is 11.8 Å². The average Bonchev–Trinajstić information content (AvgIpc) is 2.75. The van der Waals surface area contributed by atoms with Crippen molar-refractivity contribution in [1.29, 1.82) is 0 Å². The molecule has 3 rings (SSSR count). The number of nitrogens with one attached hydrogen (secondary N) is 2. The Balaban J connectivity index is 1.73. The van der Waals surface area contributed by atoms with Crippen molar-refractivity contribution in [2.24, 2.45) is 5.10 Å². The van der Waals surface area contributed by atoms with E-state index in [1.165, 1.54) is 43.5 Å². The van der Waals surface area contributed by atoms with Gasteiger partial charge >= 0.3 is 10.1 Å². The van der Waals surface area contributed by atoms with Crippen LogP contribution in [0.3, 0.4) is 0 Å². The number of carbonyl (C=O) groups is 2. The molecule has 0 bridgehead atoms. The molecule has 0 aromatic heterocycles. The number of halogens is 1. The zero-order valence-electron chi connectivity index (χ0n) is 16.8. The van der Waals surface area contributed by atoms with Crippen LogP contribution in [0.25, 0.3) is 0 Å². The van der Waals surface area contributed by atoms with Crippen LogP contribution >= 0.6 is 11.6 Å². The van der Waals surface area contributed by atoms with Gasteiger partial charge in [-0.1, -0.05) is 23.7 Å². The first-order valence-electron chi connectivity index (χ1n) is 9.25. The zero-order chi connectivity index (χ0) is 23.1. The molecule has 0 spiro atoms. The van der Waals surface area contributed by atoms with Crippen molar-refractivity contribution in [3.63, 3.8) is 0 Å². The van der Waals surface area contributed by atoms with E-state index in [9.17, 15) is 18.0 Å². The van der Waals surface area contributed by atoms with Crippen molar-refractivity contribution in [1.82, 2.24) is 5.43 Å². The fourth-order valence-corrected chi connectivity index (χ4v) is 3.64. The first-order valence-corrected chi connectivity index (χ1v) is 11.0. The number of nitrogens with zero attached hydrogens (tertiary/aromatic N) is 1. The summed E-state index contributed by atoms with van der Waals surface area (Å²) >= 11 is 5.80. The summed E-state index contributed by atoms with van der Waals surface area (Å²) < 4.78 is 30.6. The topological polar surface area (TPSA) is 114 Å². The first kappa shape index (κ1) is 23.0. The van der Waals surface area contributed by atoms with Gasteiger partial charge < -0.3 is 9.50 Å². The highest BCUT2D eigenvalue weighted by Gasteiger charge is 2.18. The van der Waals surface area contributed by atoms with Crippen LogP contribution in [0.15, 0.2) is 82.8 Å². The molecule has 0 atom stereocenters. The van der Waals surface area contributed by atoms with E-state index in [0.717, 1.165) is 0 Å². The quantitative estimate of drug-likeness (QED) is 0.309. The van der Waals surface area contributed by atoms with Gasteiger partial charge in [0.05, 0.1) is 6.21 Å². The zero-order valence-corrected chi connectivity index (χ0v) is 18.4. The minimum absolute atomic E-state index is 0.0305. The third-order valence-electron chi connectivity index (χ3n) is 4.06. The van der Waals surface area contributed by atoms with Gasteiger partial charge in [0.15, 0.2) is 5.75 Å². The molecule has 0 fully saturated rings. The highest BCUT2D eigenvalue weighted by molar-refractivity contribution is 7.87. The lowest BCUT2D eigenvalue weighted by molar-refractivity contribution is -0.114.